The Balaban J connectivity index is 1.23. The summed E-state index contributed by atoms with van der Waals surface area (Å²) in [6.45, 7) is -0.656. The second-order valence-corrected chi connectivity index (χ2v) is 17.6. The molecular weight excluding hydrogens is 917 g/mol. The number of carbonyl (C=O) groups is 4. The van der Waals surface area contributed by atoms with Crippen molar-refractivity contribution in [2.45, 2.75) is 42.3 Å². The fraction of sp³-hybridized carbons (Fsp3) is 0.250. The maximum Gasteiger partial charge on any atom is 0.421 e. The van der Waals surface area contributed by atoms with Crippen LogP contribution in [0.5, 0.6) is 5.75 Å². The first-order valence-corrected chi connectivity index (χ1v) is 23.6. The van der Waals surface area contributed by atoms with Crippen LogP contribution in [0.2, 0.25) is 0 Å². The van der Waals surface area contributed by atoms with E-state index in [-0.39, 0.29) is 50.8 Å². The number of amides is 3. The van der Waals surface area contributed by atoms with Crippen LogP contribution in [0.15, 0.2) is 158 Å². The van der Waals surface area contributed by atoms with Gasteiger partial charge in [-0.1, -0.05) is 132 Å². The van der Waals surface area contributed by atoms with E-state index in [2.05, 4.69) is 27.5 Å². The molecule has 0 aliphatic carbocycles. The molecule has 72 heavy (non-hydrogen) atoms. The lowest BCUT2D eigenvalue weighted by Gasteiger charge is -2.46. The zero-order valence-corrected chi connectivity index (χ0v) is 39.1. The van der Waals surface area contributed by atoms with Gasteiger partial charge in [0.05, 0.1) is 48.5 Å². The summed E-state index contributed by atoms with van der Waals surface area (Å²) in [5.41, 5.74) is 2.43. The third kappa shape index (κ3) is 8.62. The molecule has 0 saturated carbocycles. The molecule has 4 heterocycles. The highest BCUT2D eigenvalue weighted by molar-refractivity contribution is 6.23. The van der Waals surface area contributed by atoms with E-state index in [1.54, 1.807) is 77.5 Å². The molecule has 1 aromatic heterocycles. The van der Waals surface area contributed by atoms with Crippen LogP contribution in [0.1, 0.15) is 57.7 Å². The quantitative estimate of drug-likeness (QED) is 0.0639. The van der Waals surface area contributed by atoms with Gasteiger partial charge in [-0.2, -0.15) is 0 Å². The molecule has 3 N–H and O–H groups in total. The topological polar surface area (TPSA) is 195 Å². The number of rotatable bonds is 14. The van der Waals surface area contributed by atoms with E-state index in [9.17, 15) is 15.0 Å². The van der Waals surface area contributed by atoms with E-state index >= 15 is 14.4 Å². The molecule has 0 bridgehead atoms. The van der Waals surface area contributed by atoms with E-state index in [1.165, 1.54) is 7.11 Å². The highest BCUT2D eigenvalue weighted by Crippen LogP contribution is 2.66. The Morgan fingerprint density at radius 3 is 2.26 bits per heavy atom. The van der Waals surface area contributed by atoms with Crippen LogP contribution >= 0.6 is 0 Å². The van der Waals surface area contributed by atoms with Crippen LogP contribution in [-0.2, 0) is 40.6 Å². The molecule has 7 aromatic rings. The zero-order valence-electron chi connectivity index (χ0n) is 39.1. The number of anilines is 1. The van der Waals surface area contributed by atoms with Gasteiger partial charge in [-0.25, -0.2) is 14.4 Å². The maximum atomic E-state index is 16.5. The first-order chi connectivity index (χ1) is 35.2. The molecule has 10 rings (SSSR count). The minimum Gasteiger partial charge on any atom is -0.491 e. The van der Waals surface area contributed by atoms with Crippen molar-refractivity contribution < 1.29 is 48.3 Å². The number of cyclic esters (lactones) is 1. The summed E-state index contributed by atoms with van der Waals surface area (Å²) in [7, 11) is 1.45. The van der Waals surface area contributed by atoms with Crippen molar-refractivity contribution in [1.29, 1.82) is 0 Å². The highest BCUT2D eigenvalue weighted by Gasteiger charge is 2.75. The molecule has 2 fully saturated rings. The Labute approximate surface area is 414 Å². The monoisotopic (exact) mass is 966 g/mol. The second-order valence-electron chi connectivity index (χ2n) is 17.6. The van der Waals surface area contributed by atoms with Gasteiger partial charge >= 0.3 is 12.1 Å². The van der Waals surface area contributed by atoms with Gasteiger partial charge in [-0.15, -0.1) is 5.10 Å². The van der Waals surface area contributed by atoms with Gasteiger partial charge in [0, 0.05) is 19.2 Å². The minimum atomic E-state index is -2.14. The zero-order chi connectivity index (χ0) is 49.8. The minimum absolute atomic E-state index is 0.0285. The molecule has 3 aliphatic heterocycles. The van der Waals surface area contributed by atoms with Gasteiger partial charge in [-0.3, -0.25) is 19.3 Å². The number of morpholine rings is 1. The molecule has 6 aromatic carbocycles. The summed E-state index contributed by atoms with van der Waals surface area (Å²) in [4.78, 5) is 65.2. The Bertz CT molecular complexity index is 3180. The lowest BCUT2D eigenvalue weighted by molar-refractivity contribution is -0.178. The van der Waals surface area contributed by atoms with Gasteiger partial charge < -0.3 is 34.5 Å². The molecule has 0 unspecified atom stereocenters. The molecule has 0 radical (unpaired) electrons. The van der Waals surface area contributed by atoms with Crippen LogP contribution in [0.25, 0.3) is 11.0 Å². The predicted octanol–water partition coefficient (Wildman–Crippen LogP) is 6.15. The van der Waals surface area contributed by atoms with Gasteiger partial charge in [0.15, 0.2) is 0 Å². The van der Waals surface area contributed by atoms with E-state index < -0.39 is 65.5 Å². The fourth-order valence-electron chi connectivity index (χ4n) is 10.5. The molecule has 1 spiro atoms. The average Bonchev–Trinajstić information content (AvgIpc) is 4.06. The van der Waals surface area contributed by atoms with Crippen molar-refractivity contribution in [3.63, 3.8) is 0 Å². The maximum absolute atomic E-state index is 16.5. The number of esters is 1. The number of aliphatic hydroxyl groups excluding tert-OH is 2. The Kier molecular flexibility index (Phi) is 13.6. The normalized spacial score (nSPS) is 21.6. The molecule has 7 atom stereocenters. The Morgan fingerprint density at radius 2 is 1.51 bits per heavy atom. The molecule has 3 aliphatic rings. The average molecular weight is 967 g/mol. The van der Waals surface area contributed by atoms with Gasteiger partial charge in [0.2, 0.25) is 11.8 Å². The number of ether oxygens (including phenoxy) is 4. The molecular formula is C56H50N6O10. The lowest BCUT2D eigenvalue weighted by Crippen LogP contribution is -2.56. The summed E-state index contributed by atoms with van der Waals surface area (Å²) in [5.74, 6) is 2.70. The number of aliphatic hydroxyl groups is 2. The number of hydrogen-bond acceptors (Lipinski definition) is 13. The van der Waals surface area contributed by atoms with Crippen molar-refractivity contribution in [3.05, 3.63) is 191 Å². The van der Waals surface area contributed by atoms with Crippen LogP contribution in [0.3, 0.4) is 0 Å². The Hall–Kier alpha value is -8.20. The van der Waals surface area contributed by atoms with Crippen LogP contribution in [-0.4, -0.2) is 100 Å². The van der Waals surface area contributed by atoms with Crippen molar-refractivity contribution >= 4 is 40.6 Å². The number of carbonyl (C=O) groups excluding carboxylic acids is 4. The smallest absolute Gasteiger partial charge is 0.421 e. The highest BCUT2D eigenvalue weighted by atomic mass is 16.6. The summed E-state index contributed by atoms with van der Waals surface area (Å²) in [6, 6.07) is 43.2. The van der Waals surface area contributed by atoms with E-state index in [0.717, 1.165) is 10.4 Å². The Morgan fingerprint density at radius 1 is 0.806 bits per heavy atom. The van der Waals surface area contributed by atoms with Crippen molar-refractivity contribution in [3.8, 4) is 17.6 Å². The number of benzene rings is 6. The molecule has 16 nitrogen and oxygen atoms in total. The standard InChI is InChI=1S/C56H50N6O10/c1-69-31-32-71-55(68)61-44-27-26-36(15-14-28-60-45-25-12-11-24-43(45)58-59-60)33-42(44)56(54(61)67)47(52(65)57-35-46(64)37-16-5-2-6-17-37)49-53(66)72-50(39-20-9-4-10-21-39)48(38-18-7-3-8-19-38)62(49)51(56)40-22-13-23-41(34-40)70-30-29-63/h2-13,16-27,33-34,46-51,63-64H,28-32,35H2,1H3,(H,57,65)/t46-,47+,48+,49+,50-,51-,56+/m0/s1. The van der Waals surface area contributed by atoms with Crippen LogP contribution in [0.4, 0.5) is 10.5 Å². The first kappa shape index (κ1) is 47.5. The predicted molar refractivity (Wildman–Crippen MR) is 263 cm³/mol. The first-order valence-electron chi connectivity index (χ1n) is 23.6. The number of fused-ring (bicyclic) bond motifs is 4. The fourth-order valence-corrected chi connectivity index (χ4v) is 10.5. The third-order valence-electron chi connectivity index (χ3n) is 13.5. The van der Waals surface area contributed by atoms with E-state index in [0.29, 0.717) is 39.1 Å². The summed E-state index contributed by atoms with van der Waals surface area (Å²) in [6.07, 6.45) is -3.18. The molecule has 3 amide bonds. The number of methoxy groups -OCH3 is 1. The number of nitrogens with zero attached hydrogens (tertiary/aromatic N) is 5. The number of nitrogens with one attached hydrogen (secondary N) is 1. The summed E-state index contributed by atoms with van der Waals surface area (Å²) >= 11 is 0. The molecule has 364 valence electrons. The third-order valence-corrected chi connectivity index (χ3v) is 13.5. The van der Waals surface area contributed by atoms with Gasteiger partial charge in [0.25, 0.3) is 0 Å². The largest absolute Gasteiger partial charge is 0.491 e. The SMILES string of the molecule is COCCOC(=O)N1C(=O)[C@@]2(c3cc(C#CCn4nnc5ccccc54)ccc31)[C@H](c1cccc(OCCO)c1)N1[C@H](c3ccccc3)[C@H](c3ccccc3)OC(=O)[C@H]1[C@@H]2C(=O)NC[C@H](O)c1ccccc1. The summed E-state index contributed by atoms with van der Waals surface area (Å²) in [5, 5.41) is 32.8. The van der Waals surface area contributed by atoms with Crippen LogP contribution in [0, 0.1) is 17.8 Å². The lowest BCUT2D eigenvalue weighted by atomic mass is 9.65. The molecule has 2 saturated heterocycles. The van der Waals surface area contributed by atoms with Crippen molar-refractivity contribution in [1.82, 2.24) is 25.2 Å². The number of imide groups is 1. The van der Waals surface area contributed by atoms with Gasteiger partial charge in [0.1, 0.15) is 48.6 Å². The number of aromatic nitrogens is 3. The van der Waals surface area contributed by atoms with Crippen molar-refractivity contribution in [2.24, 2.45) is 5.92 Å². The number of hydrogen-bond donors (Lipinski definition) is 3. The van der Waals surface area contributed by atoms with Crippen LogP contribution < -0.4 is 15.0 Å². The summed E-state index contributed by atoms with van der Waals surface area (Å²) < 4.78 is 25.2. The van der Waals surface area contributed by atoms with E-state index in [4.69, 9.17) is 18.9 Å². The second kappa shape index (κ2) is 20.6. The van der Waals surface area contributed by atoms with Crippen molar-refractivity contribution in [2.75, 3.05) is 45.0 Å². The molecule has 16 heteroatoms. The number of para-hydroxylation sites is 1. The van der Waals surface area contributed by atoms with E-state index in [1.807, 2.05) is 89.8 Å². The van der Waals surface area contributed by atoms with Gasteiger partial charge in [-0.05, 0) is 70.3 Å².